The molecule has 0 spiro atoms. The number of hydrogen-bond acceptors (Lipinski definition) is 3. The summed E-state index contributed by atoms with van der Waals surface area (Å²) < 4.78 is 5.69. The summed E-state index contributed by atoms with van der Waals surface area (Å²) in [6, 6.07) is 9.39. The number of fused-ring (bicyclic) bond motifs is 1. The number of benzene rings is 1. The number of nitrogen functional groups attached to an aromatic ring is 1. The van der Waals surface area contributed by atoms with E-state index in [1.54, 1.807) is 6.07 Å². The minimum absolute atomic E-state index is 0. The third kappa shape index (κ3) is 2.90. The number of ether oxygens (including phenoxy) is 1. The van der Waals surface area contributed by atoms with Crippen molar-refractivity contribution in [2.45, 2.75) is 20.0 Å². The van der Waals surface area contributed by atoms with Crippen molar-refractivity contribution < 1.29 is 4.74 Å². The first-order valence-electron chi connectivity index (χ1n) is 5.49. The first kappa shape index (κ1) is 14.3. The molecule has 0 aliphatic heterocycles. The molecule has 3 N–H and O–H groups in total. The van der Waals surface area contributed by atoms with Crippen molar-refractivity contribution in [2.75, 3.05) is 0 Å². The van der Waals surface area contributed by atoms with Gasteiger partial charge in [-0.2, -0.15) is 0 Å². The van der Waals surface area contributed by atoms with Gasteiger partial charge >= 0.3 is 0 Å². The van der Waals surface area contributed by atoms with E-state index in [2.05, 4.69) is 4.98 Å². The molecule has 96 valence electrons. The number of para-hydroxylation sites is 1. The van der Waals surface area contributed by atoms with Crippen molar-refractivity contribution >= 4 is 29.1 Å². The lowest BCUT2D eigenvalue weighted by Gasteiger charge is -2.12. The van der Waals surface area contributed by atoms with Gasteiger partial charge in [0.05, 0.1) is 6.10 Å². The van der Waals surface area contributed by atoms with Crippen LogP contribution in [-0.4, -0.2) is 16.9 Å². The van der Waals surface area contributed by atoms with Crippen molar-refractivity contribution in [3.8, 4) is 5.75 Å². The Kier molecular flexibility index (Phi) is 4.50. The molecule has 0 fully saturated rings. The Morgan fingerprint density at radius 1 is 1.28 bits per heavy atom. The minimum Gasteiger partial charge on any atom is -0.489 e. The van der Waals surface area contributed by atoms with E-state index in [1.807, 2.05) is 38.1 Å². The SMILES string of the molecule is CC(C)Oc1cccc2ccc(C(=N)N)nc12.Cl. The van der Waals surface area contributed by atoms with Gasteiger partial charge in [0.25, 0.3) is 0 Å². The number of nitrogens with one attached hydrogen (secondary N) is 1. The quantitative estimate of drug-likeness (QED) is 0.662. The van der Waals surface area contributed by atoms with Crippen LogP contribution in [0, 0.1) is 5.41 Å². The standard InChI is InChI=1S/C13H15N3O.ClH/c1-8(2)17-11-5-3-4-9-6-7-10(13(14)15)16-12(9)11;/h3-8H,1-2H3,(H3,14,15);1H. The number of amidine groups is 1. The number of nitrogens with zero attached hydrogens (tertiary/aromatic N) is 1. The van der Waals surface area contributed by atoms with Gasteiger partial charge < -0.3 is 10.5 Å². The molecule has 0 unspecified atom stereocenters. The van der Waals surface area contributed by atoms with Crippen molar-refractivity contribution in [3.05, 3.63) is 36.0 Å². The van der Waals surface area contributed by atoms with Crippen LogP contribution in [-0.2, 0) is 0 Å². The number of halogens is 1. The Hall–Kier alpha value is -1.81. The number of rotatable bonds is 3. The predicted molar refractivity (Wildman–Crippen MR) is 75.8 cm³/mol. The highest BCUT2D eigenvalue weighted by Crippen LogP contribution is 2.24. The lowest BCUT2D eigenvalue weighted by molar-refractivity contribution is 0.245. The minimum atomic E-state index is -0.0359. The van der Waals surface area contributed by atoms with Gasteiger partial charge in [0.1, 0.15) is 22.8 Å². The fourth-order valence-electron chi connectivity index (χ4n) is 1.62. The summed E-state index contributed by atoms with van der Waals surface area (Å²) in [6.07, 6.45) is 0.0865. The van der Waals surface area contributed by atoms with E-state index < -0.39 is 0 Å². The highest BCUT2D eigenvalue weighted by Gasteiger charge is 2.07. The second kappa shape index (κ2) is 5.69. The Balaban J connectivity index is 0.00000162. The molecule has 0 aliphatic rings. The second-order valence-corrected chi connectivity index (χ2v) is 4.10. The maximum atomic E-state index is 7.40. The predicted octanol–water partition coefficient (Wildman–Crippen LogP) is 2.73. The average molecular weight is 266 g/mol. The second-order valence-electron chi connectivity index (χ2n) is 4.10. The lowest BCUT2D eigenvalue weighted by atomic mass is 10.2. The van der Waals surface area contributed by atoms with Gasteiger partial charge in [-0.05, 0) is 26.0 Å². The van der Waals surface area contributed by atoms with E-state index in [9.17, 15) is 0 Å². The third-order valence-corrected chi connectivity index (χ3v) is 2.32. The topological polar surface area (TPSA) is 72.0 Å². The van der Waals surface area contributed by atoms with Crippen LogP contribution in [0.15, 0.2) is 30.3 Å². The first-order valence-corrected chi connectivity index (χ1v) is 5.49. The van der Waals surface area contributed by atoms with Crippen molar-refractivity contribution in [2.24, 2.45) is 5.73 Å². The van der Waals surface area contributed by atoms with E-state index in [4.69, 9.17) is 15.9 Å². The van der Waals surface area contributed by atoms with Crippen LogP contribution in [0.25, 0.3) is 10.9 Å². The summed E-state index contributed by atoms with van der Waals surface area (Å²) in [5.41, 5.74) is 6.65. The van der Waals surface area contributed by atoms with Crippen LogP contribution < -0.4 is 10.5 Å². The Morgan fingerprint density at radius 3 is 2.61 bits per heavy atom. The lowest BCUT2D eigenvalue weighted by Crippen LogP contribution is -2.13. The number of aromatic nitrogens is 1. The molecule has 2 aromatic rings. The van der Waals surface area contributed by atoms with E-state index in [1.165, 1.54) is 0 Å². The van der Waals surface area contributed by atoms with Crippen molar-refractivity contribution in [1.82, 2.24) is 4.98 Å². The highest BCUT2D eigenvalue weighted by molar-refractivity contribution is 5.96. The number of hydrogen-bond donors (Lipinski definition) is 2. The molecule has 18 heavy (non-hydrogen) atoms. The maximum Gasteiger partial charge on any atom is 0.145 e. The summed E-state index contributed by atoms with van der Waals surface area (Å²) in [6.45, 7) is 3.93. The van der Waals surface area contributed by atoms with E-state index in [-0.39, 0.29) is 24.3 Å². The van der Waals surface area contributed by atoms with Crippen LogP contribution in [0.5, 0.6) is 5.75 Å². The van der Waals surface area contributed by atoms with E-state index in [0.29, 0.717) is 5.69 Å². The number of pyridine rings is 1. The Morgan fingerprint density at radius 2 is 2.00 bits per heavy atom. The van der Waals surface area contributed by atoms with Crippen LogP contribution >= 0.6 is 12.4 Å². The largest absolute Gasteiger partial charge is 0.489 e. The van der Waals surface area contributed by atoms with Gasteiger partial charge in [0.2, 0.25) is 0 Å². The molecule has 0 aliphatic carbocycles. The molecule has 0 saturated carbocycles. The average Bonchev–Trinajstić information content (AvgIpc) is 2.28. The molecule has 5 heteroatoms. The molecule has 4 nitrogen and oxygen atoms in total. The summed E-state index contributed by atoms with van der Waals surface area (Å²) >= 11 is 0. The zero-order valence-corrected chi connectivity index (χ0v) is 11.1. The monoisotopic (exact) mass is 265 g/mol. The summed E-state index contributed by atoms with van der Waals surface area (Å²) in [5.74, 6) is 0.687. The molecule has 0 radical (unpaired) electrons. The Labute approximate surface area is 112 Å². The fourth-order valence-corrected chi connectivity index (χ4v) is 1.62. The Bertz CT molecular complexity index is 569. The van der Waals surface area contributed by atoms with Crippen LogP contribution in [0.4, 0.5) is 0 Å². The summed E-state index contributed by atoms with van der Waals surface area (Å²) in [7, 11) is 0. The fraction of sp³-hybridized carbons (Fsp3) is 0.231. The molecule has 2 rings (SSSR count). The molecule has 0 saturated heterocycles. The first-order chi connectivity index (χ1) is 8.08. The highest BCUT2D eigenvalue weighted by atomic mass is 35.5. The molecule has 0 bridgehead atoms. The van der Waals surface area contributed by atoms with E-state index >= 15 is 0 Å². The molecule has 0 atom stereocenters. The van der Waals surface area contributed by atoms with Crippen LogP contribution in [0.3, 0.4) is 0 Å². The molecular weight excluding hydrogens is 250 g/mol. The van der Waals surface area contributed by atoms with Gasteiger partial charge in [0.15, 0.2) is 0 Å². The van der Waals surface area contributed by atoms with Gasteiger partial charge in [-0.3, -0.25) is 5.41 Å². The summed E-state index contributed by atoms with van der Waals surface area (Å²) in [5, 5.41) is 8.38. The maximum absolute atomic E-state index is 7.40. The summed E-state index contributed by atoms with van der Waals surface area (Å²) in [4.78, 5) is 4.35. The van der Waals surface area contributed by atoms with Crippen LogP contribution in [0.2, 0.25) is 0 Å². The smallest absolute Gasteiger partial charge is 0.145 e. The zero-order chi connectivity index (χ0) is 12.4. The molecule has 0 amide bonds. The van der Waals surface area contributed by atoms with Gasteiger partial charge in [-0.15, -0.1) is 12.4 Å². The van der Waals surface area contributed by atoms with Gasteiger partial charge in [-0.25, -0.2) is 4.98 Å². The molecule has 1 aromatic carbocycles. The van der Waals surface area contributed by atoms with E-state index in [0.717, 1.165) is 16.7 Å². The molecular formula is C13H16ClN3O. The van der Waals surface area contributed by atoms with Crippen molar-refractivity contribution in [1.29, 1.82) is 5.41 Å². The molecule has 1 heterocycles. The third-order valence-electron chi connectivity index (χ3n) is 2.32. The zero-order valence-electron chi connectivity index (χ0n) is 10.3. The van der Waals surface area contributed by atoms with Gasteiger partial charge in [-0.1, -0.05) is 18.2 Å². The van der Waals surface area contributed by atoms with Crippen LogP contribution in [0.1, 0.15) is 19.5 Å². The molecule has 1 aromatic heterocycles. The van der Waals surface area contributed by atoms with Crippen molar-refractivity contribution in [3.63, 3.8) is 0 Å². The normalized spacial score (nSPS) is 10.2. The number of nitrogens with two attached hydrogens (primary N) is 1. The van der Waals surface area contributed by atoms with Gasteiger partial charge in [0, 0.05) is 5.39 Å².